The van der Waals surface area contributed by atoms with Crippen molar-refractivity contribution < 1.29 is 0 Å². The van der Waals surface area contributed by atoms with Crippen molar-refractivity contribution in [3.63, 3.8) is 0 Å². The minimum absolute atomic E-state index is 0.000455. The number of imidazole rings is 12. The molecule has 0 radical (unpaired) electrons. The summed E-state index contributed by atoms with van der Waals surface area (Å²) in [6, 6.07) is 118. The van der Waals surface area contributed by atoms with Crippen LogP contribution in [0.3, 0.4) is 0 Å². The van der Waals surface area contributed by atoms with Crippen molar-refractivity contribution in [2.45, 2.75) is 65.7 Å². The third-order valence-corrected chi connectivity index (χ3v) is 27.6. The van der Waals surface area contributed by atoms with Gasteiger partial charge in [-0.2, -0.15) is 5.26 Å². The minimum atomic E-state index is -0.000455. The molecule has 12 heterocycles. The van der Waals surface area contributed by atoms with Crippen LogP contribution in [0, 0.1) is 11.3 Å². The van der Waals surface area contributed by atoms with E-state index in [1.807, 2.05) is 12.1 Å². The van der Waals surface area contributed by atoms with Gasteiger partial charge in [0.2, 0.25) is 34.7 Å². The van der Waals surface area contributed by atoms with E-state index in [1.165, 1.54) is 104 Å². The molecule has 608 valence electrons. The molecule has 0 bridgehead atoms. The first-order valence-corrected chi connectivity index (χ1v) is 44.3. The molecule has 0 N–H and O–H groups in total. The zero-order valence-corrected chi connectivity index (χ0v) is 71.4. The van der Waals surface area contributed by atoms with Crippen molar-refractivity contribution in [3.8, 4) is 39.4 Å². The summed E-state index contributed by atoms with van der Waals surface area (Å²) < 4.78 is 20.7. The number of rotatable bonds is 5. The van der Waals surface area contributed by atoms with Crippen molar-refractivity contribution >= 4 is 215 Å². The third-order valence-electron chi connectivity index (χ3n) is 27.6. The molecule has 0 saturated heterocycles. The van der Waals surface area contributed by atoms with Crippen LogP contribution in [0.4, 0.5) is 0 Å². The molecule has 0 aliphatic rings. The standard InChI is InChI=1S/C38H24N6.C38H27N5.C37H25N5/c1-21(2)28-12-11-22(20-39)13-29(28)27-18-34-36-35(19-27)43-33-17-26-10-6-4-8-24(26)15-31(33)41-38(43)44(36)37-40-30-14-23-7-3-5-9-25(23)16-32(30)42(34)37;1-38(2,3)28-15-9-8-14-27(28)26-20-33-35-34(21-26)42-32-19-25-13-7-5-11-23(25)17-30(32)40-37(42)43(35)36-39-29-16-22-10-4-6-12-24(22)18-31(29)41(33)36;1-21(2)27-13-7-8-14-28(27)26-19-33-35-34(20-26)41-32-18-25-12-6-4-10-23(25)16-30(32)39-37(41)42(35)36-38-29-15-22-9-3-5-11-24(22)17-31(29)40(33)36/h3-19,21H,1-2H3;4-21H,1-3H3;3-21H,1-2H3. The van der Waals surface area contributed by atoms with E-state index in [0.29, 0.717) is 17.4 Å². The van der Waals surface area contributed by atoms with Crippen LogP contribution in [0.2, 0.25) is 0 Å². The van der Waals surface area contributed by atoms with Gasteiger partial charge in [-0.1, -0.05) is 249 Å². The van der Waals surface area contributed by atoms with Gasteiger partial charge >= 0.3 is 0 Å². The lowest BCUT2D eigenvalue weighted by Gasteiger charge is -2.23. The van der Waals surface area contributed by atoms with Gasteiger partial charge in [0.25, 0.3) is 0 Å². The zero-order chi connectivity index (χ0) is 85.6. The fourth-order valence-electron chi connectivity index (χ4n) is 21.7. The second-order valence-electron chi connectivity index (χ2n) is 36.8. The molecular weight excluding hydrogens is 1580 g/mol. The number of hydrogen-bond acceptors (Lipinski definition) is 7. The molecule has 16 nitrogen and oxygen atoms in total. The van der Waals surface area contributed by atoms with Gasteiger partial charge in [0.15, 0.2) is 0 Å². The molecule has 30 aromatic rings. The Kier molecular flexibility index (Phi) is 14.3. The Morgan fingerprint density at radius 2 is 0.465 bits per heavy atom. The molecule has 0 saturated carbocycles. The molecule has 0 unspecified atom stereocenters. The highest BCUT2D eigenvalue weighted by Gasteiger charge is 2.32. The Bertz CT molecular complexity index is 9720. The van der Waals surface area contributed by atoms with Gasteiger partial charge in [-0.15, -0.1) is 0 Å². The van der Waals surface area contributed by atoms with E-state index >= 15 is 0 Å². The van der Waals surface area contributed by atoms with Crippen molar-refractivity contribution in [1.29, 1.82) is 5.26 Å². The Morgan fingerprint density at radius 1 is 0.233 bits per heavy atom. The number of aromatic nitrogens is 15. The van der Waals surface area contributed by atoms with E-state index in [0.717, 1.165) is 162 Å². The van der Waals surface area contributed by atoms with Crippen LogP contribution in [0.1, 0.15) is 82.6 Å². The summed E-state index contributed by atoms with van der Waals surface area (Å²) in [6.45, 7) is 15.8. The van der Waals surface area contributed by atoms with Crippen LogP contribution in [-0.2, 0) is 5.41 Å². The highest BCUT2D eigenvalue weighted by Crippen LogP contribution is 2.47. The molecule has 30 rings (SSSR count). The Hall–Kier alpha value is -16.8. The molecule has 0 aliphatic carbocycles. The Balaban J connectivity index is 0.0000000976. The van der Waals surface area contributed by atoms with E-state index in [9.17, 15) is 5.26 Å². The topological polar surface area (TPSA) is 141 Å². The van der Waals surface area contributed by atoms with Gasteiger partial charge < -0.3 is 0 Å². The summed E-state index contributed by atoms with van der Waals surface area (Å²) in [5.41, 5.74) is 34.2. The third kappa shape index (κ3) is 10.0. The van der Waals surface area contributed by atoms with E-state index in [1.54, 1.807) is 0 Å². The average Bonchev–Trinajstić information content (AvgIpc) is 1.52. The largest absolute Gasteiger partial charge is 0.276 e. The van der Waals surface area contributed by atoms with Crippen molar-refractivity contribution in [3.05, 3.63) is 344 Å². The minimum Gasteiger partial charge on any atom is -0.276 e. The normalized spacial score (nSPS) is 12.7. The van der Waals surface area contributed by atoms with E-state index in [4.69, 9.17) is 29.9 Å². The highest BCUT2D eigenvalue weighted by molar-refractivity contribution is 6.14. The van der Waals surface area contributed by atoms with Gasteiger partial charge in [0.05, 0.1) is 111 Å². The highest BCUT2D eigenvalue weighted by atomic mass is 15.3. The van der Waals surface area contributed by atoms with Crippen molar-refractivity contribution in [2.75, 3.05) is 0 Å². The molecule has 12 aromatic heterocycles. The molecule has 0 spiro atoms. The monoisotopic (exact) mass is 1660 g/mol. The van der Waals surface area contributed by atoms with Gasteiger partial charge in [-0.05, 0) is 253 Å². The van der Waals surface area contributed by atoms with Crippen molar-refractivity contribution in [2.24, 2.45) is 0 Å². The van der Waals surface area contributed by atoms with Crippen LogP contribution in [0.5, 0.6) is 0 Å². The molecule has 0 amide bonds. The van der Waals surface area contributed by atoms with E-state index < -0.39 is 0 Å². The quantitative estimate of drug-likeness (QED) is 0.167. The van der Waals surface area contributed by atoms with Crippen LogP contribution >= 0.6 is 0 Å². The van der Waals surface area contributed by atoms with Gasteiger partial charge in [0.1, 0.15) is 16.6 Å². The van der Waals surface area contributed by atoms with Crippen LogP contribution in [0.25, 0.3) is 249 Å². The first-order valence-electron chi connectivity index (χ1n) is 44.3. The van der Waals surface area contributed by atoms with Crippen LogP contribution in [-0.4, -0.2) is 69.5 Å². The molecule has 0 fully saturated rings. The first kappa shape index (κ1) is 71.6. The average molecular weight is 1660 g/mol. The summed E-state index contributed by atoms with van der Waals surface area (Å²) in [7, 11) is 0. The fourth-order valence-corrected chi connectivity index (χ4v) is 21.7. The predicted octanol–water partition coefficient (Wildman–Crippen LogP) is 27.7. The number of nitrogens with zero attached hydrogens (tertiary/aromatic N) is 16. The Morgan fingerprint density at radius 3 is 0.736 bits per heavy atom. The van der Waals surface area contributed by atoms with Gasteiger partial charge in [-0.3, -0.25) is 26.4 Å². The second-order valence-corrected chi connectivity index (χ2v) is 36.8. The summed E-state index contributed by atoms with van der Waals surface area (Å²) in [5.74, 6) is 5.96. The summed E-state index contributed by atoms with van der Waals surface area (Å²) >= 11 is 0. The summed E-state index contributed by atoms with van der Waals surface area (Å²) in [4.78, 5) is 31.5. The maximum absolute atomic E-state index is 9.83. The second kappa shape index (κ2) is 25.7. The predicted molar refractivity (Wildman–Crippen MR) is 529 cm³/mol. The zero-order valence-electron chi connectivity index (χ0n) is 71.4. The molecule has 0 aliphatic heterocycles. The smallest absolute Gasteiger partial charge is 0.223 e. The van der Waals surface area contributed by atoms with E-state index in [-0.39, 0.29) is 5.41 Å². The SMILES string of the molecule is CC(C)(C)c1ccccc1-c1cc2c3c(c1)n1c4cc5ccccc5cc4nc1n3c1nc3cc4ccccc4cc3n21.CC(C)c1ccc(C#N)cc1-c1cc2c3c(c1)n1c4cc5ccccc5cc4nc1n3c1nc3cc4ccccc4cc3n21.CC(C)c1ccccc1-c1cc2c3c(c1)n1c4cc5ccccc5cc4nc1n3c1nc3cc4ccccc4cc3n21. The maximum Gasteiger partial charge on any atom is 0.223 e. The van der Waals surface area contributed by atoms with Gasteiger partial charge in [-0.25, -0.2) is 43.1 Å². The maximum atomic E-state index is 9.83. The molecular formula is C113H76N16. The number of benzene rings is 18. The fraction of sp³-hybridized carbons (Fsp3) is 0.0885. The summed E-state index contributed by atoms with van der Waals surface area (Å²) in [6.07, 6.45) is 0. The lowest BCUT2D eigenvalue weighted by atomic mass is 9.82. The van der Waals surface area contributed by atoms with Gasteiger partial charge in [0, 0.05) is 0 Å². The lowest BCUT2D eigenvalue weighted by Crippen LogP contribution is -2.12. The summed E-state index contributed by atoms with van der Waals surface area (Å²) in [5, 5.41) is 24.2. The number of fused-ring (bicyclic) bond motifs is 36. The van der Waals surface area contributed by atoms with Crippen molar-refractivity contribution in [1.82, 2.24) is 69.5 Å². The van der Waals surface area contributed by atoms with Crippen LogP contribution in [0.15, 0.2) is 322 Å². The van der Waals surface area contributed by atoms with Crippen LogP contribution < -0.4 is 0 Å². The molecule has 18 aromatic carbocycles. The molecule has 0 atom stereocenters. The lowest BCUT2D eigenvalue weighted by molar-refractivity contribution is 0.592. The number of nitriles is 1. The molecule has 129 heavy (non-hydrogen) atoms. The molecule has 16 heteroatoms. The first-order chi connectivity index (χ1) is 63.1. The Labute approximate surface area is 734 Å². The number of hydrogen-bond donors (Lipinski definition) is 0. The van der Waals surface area contributed by atoms with E-state index in [2.05, 4.69) is 404 Å².